The average Bonchev–Trinajstić information content (AvgIpc) is 3.01. The van der Waals surface area contributed by atoms with Crippen molar-refractivity contribution in [3.8, 4) is 0 Å². The molecule has 1 saturated heterocycles. The molecule has 2 bridgehead atoms. The predicted octanol–water partition coefficient (Wildman–Crippen LogP) is 0.616. The van der Waals surface area contributed by atoms with Gasteiger partial charge in [0.2, 0.25) is 0 Å². The van der Waals surface area contributed by atoms with Gasteiger partial charge in [0.1, 0.15) is 18.0 Å². The maximum absolute atomic E-state index is 12.3. The van der Waals surface area contributed by atoms with Crippen LogP contribution in [0.5, 0.6) is 0 Å². The number of carbonyl (C=O) groups excluding carboxylic acids is 2. The van der Waals surface area contributed by atoms with Crippen LogP contribution in [0.1, 0.15) is 40.0 Å². The maximum Gasteiger partial charge on any atom is 0.343 e. The van der Waals surface area contributed by atoms with Gasteiger partial charge in [-0.15, -0.1) is 0 Å². The van der Waals surface area contributed by atoms with Crippen molar-refractivity contribution in [3.63, 3.8) is 0 Å². The standard InChI is InChI=1S/C19H24O8/c1-10(2)15(21)25-9-11-14-12(20)7-18(4,23)19(24)6-5-17(3,27-19)8-13(14)26-16(11)22/h8,12,20,23-24H,1,5-7,9H2,2-4H3. The van der Waals surface area contributed by atoms with Gasteiger partial charge in [-0.3, -0.25) is 0 Å². The van der Waals surface area contributed by atoms with Gasteiger partial charge in [-0.2, -0.15) is 0 Å². The average molecular weight is 380 g/mol. The summed E-state index contributed by atoms with van der Waals surface area (Å²) in [7, 11) is 0. The molecule has 4 unspecified atom stereocenters. The van der Waals surface area contributed by atoms with E-state index < -0.39 is 41.6 Å². The number of rotatable bonds is 3. The number of aliphatic hydroxyl groups is 3. The molecule has 3 N–H and O–H groups in total. The number of aliphatic hydroxyl groups excluding tert-OH is 1. The van der Waals surface area contributed by atoms with E-state index in [0.717, 1.165) is 0 Å². The number of carbonyl (C=O) groups is 2. The summed E-state index contributed by atoms with van der Waals surface area (Å²) in [6.45, 7) is 7.60. The molecule has 3 rings (SSSR count). The molecule has 3 aliphatic heterocycles. The third kappa shape index (κ3) is 3.34. The van der Waals surface area contributed by atoms with Gasteiger partial charge < -0.3 is 29.5 Å². The molecule has 148 valence electrons. The van der Waals surface area contributed by atoms with Crippen molar-refractivity contribution >= 4 is 11.9 Å². The molecule has 8 nitrogen and oxygen atoms in total. The summed E-state index contributed by atoms with van der Waals surface area (Å²) in [4.78, 5) is 24.0. The van der Waals surface area contributed by atoms with Crippen LogP contribution < -0.4 is 0 Å². The van der Waals surface area contributed by atoms with Crippen molar-refractivity contribution < 1.29 is 39.1 Å². The molecule has 0 aromatic heterocycles. The predicted molar refractivity (Wildman–Crippen MR) is 91.9 cm³/mol. The van der Waals surface area contributed by atoms with Crippen molar-refractivity contribution in [2.75, 3.05) is 6.61 Å². The first-order chi connectivity index (χ1) is 12.4. The minimum atomic E-state index is -1.85. The third-order valence-electron chi connectivity index (χ3n) is 5.30. The molecule has 1 fully saturated rings. The molecule has 8 heteroatoms. The zero-order chi connectivity index (χ0) is 20.2. The van der Waals surface area contributed by atoms with Crippen LogP contribution in [-0.2, 0) is 23.8 Å². The number of hydrogen-bond acceptors (Lipinski definition) is 8. The Morgan fingerprint density at radius 1 is 1.37 bits per heavy atom. The Bertz CT molecular complexity index is 777. The molecule has 27 heavy (non-hydrogen) atoms. The molecule has 3 aliphatic rings. The fraction of sp³-hybridized carbons (Fsp3) is 0.579. The number of esters is 2. The topological polar surface area (TPSA) is 123 Å². The second-order valence-corrected chi connectivity index (χ2v) is 7.84. The number of fused-ring (bicyclic) bond motifs is 3. The summed E-state index contributed by atoms with van der Waals surface area (Å²) in [5.74, 6) is -3.20. The summed E-state index contributed by atoms with van der Waals surface area (Å²) in [6.07, 6.45) is 0.400. The first-order valence-corrected chi connectivity index (χ1v) is 8.71. The summed E-state index contributed by atoms with van der Waals surface area (Å²) in [6, 6.07) is 0. The lowest BCUT2D eigenvalue weighted by molar-refractivity contribution is -0.297. The Morgan fingerprint density at radius 2 is 2.04 bits per heavy atom. The van der Waals surface area contributed by atoms with Gasteiger partial charge in [-0.1, -0.05) is 6.58 Å². The van der Waals surface area contributed by atoms with Gasteiger partial charge in [0.15, 0.2) is 5.79 Å². The largest absolute Gasteiger partial charge is 0.457 e. The molecule has 0 aliphatic carbocycles. The molecule has 3 heterocycles. The lowest BCUT2D eigenvalue weighted by atomic mass is 9.82. The van der Waals surface area contributed by atoms with Gasteiger partial charge in [0, 0.05) is 24.0 Å². The van der Waals surface area contributed by atoms with Gasteiger partial charge >= 0.3 is 11.9 Å². The quantitative estimate of drug-likeness (QED) is 0.481. The lowest BCUT2D eigenvalue weighted by Gasteiger charge is -2.39. The van der Waals surface area contributed by atoms with E-state index in [9.17, 15) is 24.9 Å². The van der Waals surface area contributed by atoms with Gasteiger partial charge in [-0.25, -0.2) is 9.59 Å². The highest BCUT2D eigenvalue weighted by atomic mass is 16.7. The second-order valence-electron chi connectivity index (χ2n) is 7.84. The van der Waals surface area contributed by atoms with E-state index in [4.69, 9.17) is 14.2 Å². The molecular formula is C19H24O8. The van der Waals surface area contributed by atoms with E-state index >= 15 is 0 Å². The zero-order valence-corrected chi connectivity index (χ0v) is 15.6. The van der Waals surface area contributed by atoms with Crippen LogP contribution in [0.4, 0.5) is 0 Å². The molecule has 4 atom stereocenters. The van der Waals surface area contributed by atoms with E-state index in [1.807, 2.05) is 0 Å². The highest BCUT2D eigenvalue weighted by molar-refractivity contribution is 5.96. The van der Waals surface area contributed by atoms with E-state index in [1.165, 1.54) is 19.9 Å². The Hall–Kier alpha value is -2.00. The zero-order valence-electron chi connectivity index (χ0n) is 15.6. The smallest absolute Gasteiger partial charge is 0.343 e. The molecular weight excluding hydrogens is 356 g/mol. The van der Waals surface area contributed by atoms with E-state index in [0.29, 0.717) is 6.42 Å². The van der Waals surface area contributed by atoms with Crippen molar-refractivity contribution in [1.82, 2.24) is 0 Å². The molecule has 0 radical (unpaired) electrons. The molecule has 0 saturated carbocycles. The van der Waals surface area contributed by atoms with Crippen LogP contribution in [0.2, 0.25) is 0 Å². The van der Waals surface area contributed by atoms with Crippen molar-refractivity contribution in [2.24, 2.45) is 0 Å². The monoisotopic (exact) mass is 380 g/mol. The van der Waals surface area contributed by atoms with Crippen LogP contribution in [-0.4, -0.2) is 57.0 Å². The van der Waals surface area contributed by atoms with Crippen LogP contribution in [0.25, 0.3) is 0 Å². The van der Waals surface area contributed by atoms with Crippen molar-refractivity contribution in [2.45, 2.75) is 63.1 Å². The Morgan fingerprint density at radius 3 is 2.67 bits per heavy atom. The fourth-order valence-electron chi connectivity index (χ4n) is 3.65. The molecule has 0 aromatic carbocycles. The first-order valence-electron chi connectivity index (χ1n) is 8.71. The third-order valence-corrected chi connectivity index (χ3v) is 5.30. The van der Waals surface area contributed by atoms with Crippen LogP contribution in [0.15, 0.2) is 35.1 Å². The van der Waals surface area contributed by atoms with Gasteiger partial charge in [0.05, 0.1) is 17.3 Å². The fourth-order valence-corrected chi connectivity index (χ4v) is 3.65. The summed E-state index contributed by atoms with van der Waals surface area (Å²) in [5, 5.41) is 32.3. The SMILES string of the molecule is C=C(C)C(=O)OCC1=C2C(=CC3(C)CCC(O)(O3)C(C)(O)CC2O)OC1=O. The second kappa shape index (κ2) is 6.27. The maximum atomic E-state index is 12.3. The summed E-state index contributed by atoms with van der Waals surface area (Å²) < 4.78 is 16.1. The number of hydrogen-bond donors (Lipinski definition) is 3. The Kier molecular flexibility index (Phi) is 4.59. The minimum absolute atomic E-state index is 0.0208. The van der Waals surface area contributed by atoms with E-state index in [1.54, 1.807) is 6.92 Å². The minimum Gasteiger partial charge on any atom is -0.457 e. The van der Waals surface area contributed by atoms with Gasteiger partial charge in [-0.05, 0) is 33.3 Å². The summed E-state index contributed by atoms with van der Waals surface area (Å²) >= 11 is 0. The van der Waals surface area contributed by atoms with Crippen molar-refractivity contribution in [3.05, 3.63) is 35.1 Å². The van der Waals surface area contributed by atoms with E-state index in [-0.39, 0.29) is 35.3 Å². The molecule has 0 aromatic rings. The highest BCUT2D eigenvalue weighted by Crippen LogP contribution is 2.48. The molecule has 0 spiro atoms. The normalized spacial score (nSPS) is 38.4. The first kappa shape index (κ1) is 19.8. The number of ether oxygens (including phenoxy) is 3. The van der Waals surface area contributed by atoms with Crippen LogP contribution in [0, 0.1) is 0 Å². The lowest BCUT2D eigenvalue weighted by Crippen LogP contribution is -2.54. The van der Waals surface area contributed by atoms with Crippen LogP contribution in [0.3, 0.4) is 0 Å². The summed E-state index contributed by atoms with van der Waals surface area (Å²) in [5.41, 5.74) is -2.52. The van der Waals surface area contributed by atoms with E-state index in [2.05, 4.69) is 6.58 Å². The highest BCUT2D eigenvalue weighted by Gasteiger charge is 2.58. The van der Waals surface area contributed by atoms with Crippen molar-refractivity contribution in [1.29, 1.82) is 0 Å². The Labute approximate surface area is 156 Å². The Balaban J connectivity index is 2.04. The molecule has 0 amide bonds. The van der Waals surface area contributed by atoms with Crippen LogP contribution >= 0.6 is 0 Å². The van der Waals surface area contributed by atoms with Gasteiger partial charge in [0.25, 0.3) is 0 Å².